The van der Waals surface area contributed by atoms with Crippen LogP contribution in [0.5, 0.6) is 0 Å². The van der Waals surface area contributed by atoms with Crippen molar-refractivity contribution in [2.75, 3.05) is 0 Å². The number of urea groups is 1. The fraction of sp³-hybridized carbons (Fsp3) is 0.867. The fourth-order valence-electron chi connectivity index (χ4n) is 3.55. The molecule has 2 aliphatic rings. The molecule has 0 aromatic carbocycles. The van der Waals surface area contributed by atoms with Crippen LogP contribution in [-0.2, 0) is 4.79 Å². The van der Waals surface area contributed by atoms with E-state index in [0.29, 0.717) is 12.3 Å². The van der Waals surface area contributed by atoms with Crippen LogP contribution in [0.1, 0.15) is 58.3 Å². The molecule has 0 bridgehead atoms. The van der Waals surface area contributed by atoms with Gasteiger partial charge in [0.1, 0.15) is 0 Å². The molecule has 0 aromatic rings. The number of carbonyl (C=O) groups excluding carboxylic acids is 1. The van der Waals surface area contributed by atoms with Crippen molar-refractivity contribution in [3.8, 4) is 0 Å². The van der Waals surface area contributed by atoms with Crippen LogP contribution in [0.2, 0.25) is 0 Å². The van der Waals surface area contributed by atoms with Gasteiger partial charge >= 0.3 is 12.0 Å². The Morgan fingerprint density at radius 2 is 1.80 bits per heavy atom. The second-order valence-corrected chi connectivity index (χ2v) is 6.35. The average Bonchev–Trinajstić information content (AvgIpc) is 2.92. The van der Waals surface area contributed by atoms with E-state index < -0.39 is 5.97 Å². The summed E-state index contributed by atoms with van der Waals surface area (Å²) in [6.07, 6.45) is 7.98. The van der Waals surface area contributed by atoms with Gasteiger partial charge in [-0.1, -0.05) is 19.3 Å². The van der Waals surface area contributed by atoms with Crippen molar-refractivity contribution in [2.45, 2.75) is 70.4 Å². The highest BCUT2D eigenvalue weighted by Gasteiger charge is 2.28. The molecule has 2 aliphatic carbocycles. The smallest absolute Gasteiger partial charge is 0.315 e. The summed E-state index contributed by atoms with van der Waals surface area (Å²) < 4.78 is 0. The summed E-state index contributed by atoms with van der Waals surface area (Å²) in [7, 11) is 0. The molecule has 3 atom stereocenters. The maximum absolute atomic E-state index is 12.0. The van der Waals surface area contributed by atoms with E-state index in [1.54, 1.807) is 0 Å². The Morgan fingerprint density at radius 3 is 2.45 bits per heavy atom. The number of hydrogen-bond donors (Lipinski definition) is 3. The summed E-state index contributed by atoms with van der Waals surface area (Å²) in [5.41, 5.74) is 0. The first kappa shape index (κ1) is 15.1. The largest absolute Gasteiger partial charge is 0.481 e. The summed E-state index contributed by atoms with van der Waals surface area (Å²) in [6, 6.07) is 0.0671. The van der Waals surface area contributed by atoms with Crippen molar-refractivity contribution in [2.24, 2.45) is 11.8 Å². The van der Waals surface area contributed by atoms with Gasteiger partial charge in [0, 0.05) is 12.1 Å². The first-order chi connectivity index (χ1) is 9.56. The number of amides is 2. The van der Waals surface area contributed by atoms with Crippen LogP contribution in [-0.4, -0.2) is 29.2 Å². The van der Waals surface area contributed by atoms with Crippen molar-refractivity contribution in [1.82, 2.24) is 10.6 Å². The zero-order chi connectivity index (χ0) is 14.5. The van der Waals surface area contributed by atoms with Crippen LogP contribution >= 0.6 is 0 Å². The van der Waals surface area contributed by atoms with Crippen LogP contribution in [0, 0.1) is 11.8 Å². The monoisotopic (exact) mass is 282 g/mol. The second-order valence-electron chi connectivity index (χ2n) is 6.35. The molecule has 0 heterocycles. The normalized spacial score (nSPS) is 28.9. The number of rotatable bonds is 4. The highest BCUT2D eigenvalue weighted by molar-refractivity contribution is 5.75. The van der Waals surface area contributed by atoms with Crippen LogP contribution in [0.15, 0.2) is 0 Å². The molecule has 5 nitrogen and oxygen atoms in total. The Hall–Kier alpha value is -1.26. The topological polar surface area (TPSA) is 78.4 Å². The van der Waals surface area contributed by atoms with Gasteiger partial charge in [0.15, 0.2) is 0 Å². The predicted octanol–water partition coefficient (Wildman–Crippen LogP) is 2.51. The van der Waals surface area contributed by atoms with Crippen LogP contribution in [0.3, 0.4) is 0 Å². The Balaban J connectivity index is 1.74. The van der Waals surface area contributed by atoms with Gasteiger partial charge in [-0.3, -0.25) is 4.79 Å². The highest BCUT2D eigenvalue weighted by atomic mass is 16.4. The number of aliphatic carboxylic acids is 1. The minimum atomic E-state index is -0.740. The zero-order valence-electron chi connectivity index (χ0n) is 12.2. The quantitative estimate of drug-likeness (QED) is 0.741. The molecule has 0 aliphatic heterocycles. The molecule has 3 N–H and O–H groups in total. The first-order valence-electron chi connectivity index (χ1n) is 7.86. The van der Waals surface area contributed by atoms with Crippen LogP contribution in [0.4, 0.5) is 4.79 Å². The standard InChI is InChI=1S/C15H26N2O3/c1-10(11-5-2-3-6-11)16-15(20)17-13-8-4-7-12(9-13)14(18)19/h10-13H,2-9H2,1H3,(H,18,19)(H2,16,17,20). The van der Waals surface area contributed by atoms with Crippen molar-refractivity contribution in [1.29, 1.82) is 0 Å². The number of carboxylic acid groups (broad SMARTS) is 1. The molecule has 0 spiro atoms. The van der Waals surface area contributed by atoms with Gasteiger partial charge < -0.3 is 15.7 Å². The summed E-state index contributed by atoms with van der Waals surface area (Å²) in [5, 5.41) is 15.0. The van der Waals surface area contributed by atoms with Gasteiger partial charge in [-0.15, -0.1) is 0 Å². The number of carbonyl (C=O) groups is 2. The zero-order valence-corrected chi connectivity index (χ0v) is 12.2. The highest BCUT2D eigenvalue weighted by Crippen LogP contribution is 2.27. The molecule has 5 heteroatoms. The minimum absolute atomic E-state index is 0.000582. The van der Waals surface area contributed by atoms with E-state index in [-0.39, 0.29) is 24.0 Å². The molecule has 114 valence electrons. The molecule has 2 amide bonds. The van der Waals surface area contributed by atoms with Gasteiger partial charge in [0.2, 0.25) is 0 Å². The maximum Gasteiger partial charge on any atom is 0.315 e. The maximum atomic E-state index is 12.0. The van der Waals surface area contributed by atoms with Gasteiger partial charge in [-0.25, -0.2) is 4.79 Å². The third-order valence-electron chi connectivity index (χ3n) is 4.82. The van der Waals surface area contributed by atoms with Gasteiger partial charge in [0.25, 0.3) is 0 Å². The molecule has 0 radical (unpaired) electrons. The molecule has 0 saturated heterocycles. The summed E-state index contributed by atoms with van der Waals surface area (Å²) in [6.45, 7) is 2.07. The average molecular weight is 282 g/mol. The molecular weight excluding hydrogens is 256 g/mol. The van der Waals surface area contributed by atoms with Gasteiger partial charge in [-0.05, 0) is 44.9 Å². The molecule has 2 rings (SSSR count). The van der Waals surface area contributed by atoms with Crippen molar-refractivity contribution in [3.05, 3.63) is 0 Å². The van der Waals surface area contributed by atoms with E-state index >= 15 is 0 Å². The summed E-state index contributed by atoms with van der Waals surface area (Å²) in [5.74, 6) is -0.448. The molecule has 0 aromatic heterocycles. The van der Waals surface area contributed by atoms with E-state index in [2.05, 4.69) is 17.6 Å². The Morgan fingerprint density at radius 1 is 1.10 bits per heavy atom. The van der Waals surface area contributed by atoms with E-state index in [9.17, 15) is 9.59 Å². The summed E-state index contributed by atoms with van der Waals surface area (Å²) in [4.78, 5) is 23.0. The van der Waals surface area contributed by atoms with Gasteiger partial charge in [-0.2, -0.15) is 0 Å². The van der Waals surface area contributed by atoms with E-state index in [0.717, 1.165) is 19.3 Å². The molecule has 20 heavy (non-hydrogen) atoms. The molecule has 2 fully saturated rings. The summed E-state index contributed by atoms with van der Waals surface area (Å²) >= 11 is 0. The van der Waals surface area contributed by atoms with E-state index in [1.807, 2.05) is 0 Å². The number of nitrogens with one attached hydrogen (secondary N) is 2. The predicted molar refractivity (Wildman–Crippen MR) is 76.5 cm³/mol. The Kier molecular flexibility index (Phi) is 5.26. The Bertz CT molecular complexity index is 353. The van der Waals surface area contributed by atoms with Crippen LogP contribution in [0.25, 0.3) is 0 Å². The lowest BCUT2D eigenvalue weighted by Gasteiger charge is -2.28. The second kappa shape index (κ2) is 6.95. The third-order valence-corrected chi connectivity index (χ3v) is 4.82. The SMILES string of the molecule is CC(NC(=O)NC1CCCC(C(=O)O)C1)C1CCCC1. The lowest BCUT2D eigenvalue weighted by atomic mass is 9.86. The first-order valence-corrected chi connectivity index (χ1v) is 7.86. The van der Waals surface area contributed by atoms with E-state index in [1.165, 1.54) is 25.7 Å². The van der Waals surface area contributed by atoms with E-state index in [4.69, 9.17) is 5.11 Å². The van der Waals surface area contributed by atoms with Gasteiger partial charge in [0.05, 0.1) is 5.92 Å². The third kappa shape index (κ3) is 4.12. The Labute approximate surface area is 120 Å². The fourth-order valence-corrected chi connectivity index (χ4v) is 3.55. The number of hydrogen-bond acceptors (Lipinski definition) is 2. The van der Waals surface area contributed by atoms with Crippen molar-refractivity contribution >= 4 is 12.0 Å². The lowest BCUT2D eigenvalue weighted by molar-refractivity contribution is -0.143. The minimum Gasteiger partial charge on any atom is -0.481 e. The molecule has 3 unspecified atom stereocenters. The molecular formula is C15H26N2O3. The lowest BCUT2D eigenvalue weighted by Crippen LogP contribution is -2.48. The number of carboxylic acids is 1. The molecule has 2 saturated carbocycles. The van der Waals surface area contributed by atoms with Crippen LogP contribution < -0.4 is 10.6 Å². The van der Waals surface area contributed by atoms with Crippen molar-refractivity contribution in [3.63, 3.8) is 0 Å². The van der Waals surface area contributed by atoms with Crippen molar-refractivity contribution < 1.29 is 14.7 Å².